The van der Waals surface area contributed by atoms with Crippen LogP contribution in [0.4, 0.5) is 5.95 Å². The molecule has 0 saturated carbocycles. The van der Waals surface area contributed by atoms with E-state index in [-0.39, 0.29) is 5.91 Å². The molecule has 0 fully saturated rings. The van der Waals surface area contributed by atoms with Crippen molar-refractivity contribution in [1.82, 2.24) is 20.3 Å². The summed E-state index contributed by atoms with van der Waals surface area (Å²) in [7, 11) is 0. The van der Waals surface area contributed by atoms with Crippen LogP contribution in [0, 0.1) is 6.92 Å². The number of rotatable bonds is 6. The Labute approximate surface area is 146 Å². The van der Waals surface area contributed by atoms with E-state index in [0.717, 1.165) is 11.3 Å². The molecule has 126 valence electrons. The number of aryl methyl sites for hydroxylation is 1. The maximum Gasteiger partial charge on any atom is 0.254 e. The fraction of sp³-hybridized carbons (Fsp3) is 0.158. The minimum atomic E-state index is -0.226. The van der Waals surface area contributed by atoms with Gasteiger partial charge in [-0.3, -0.25) is 9.78 Å². The number of carbonyl (C=O) groups excluding carboxylic acids is 1. The van der Waals surface area contributed by atoms with Crippen LogP contribution in [0.15, 0.2) is 61.1 Å². The van der Waals surface area contributed by atoms with E-state index < -0.39 is 0 Å². The number of pyridine rings is 1. The van der Waals surface area contributed by atoms with Crippen LogP contribution in [0.3, 0.4) is 0 Å². The van der Waals surface area contributed by atoms with Crippen molar-refractivity contribution in [3.63, 3.8) is 0 Å². The molecule has 2 aromatic heterocycles. The molecule has 1 amide bonds. The van der Waals surface area contributed by atoms with E-state index in [9.17, 15) is 4.79 Å². The Hall–Kier alpha value is -3.28. The lowest BCUT2D eigenvalue weighted by atomic mass is 10.1. The fourth-order valence-electron chi connectivity index (χ4n) is 2.20. The molecule has 0 aliphatic carbocycles. The van der Waals surface area contributed by atoms with E-state index in [4.69, 9.17) is 0 Å². The molecular weight excluding hydrogens is 314 g/mol. The van der Waals surface area contributed by atoms with Crippen LogP contribution < -0.4 is 10.6 Å². The normalized spacial score (nSPS) is 10.3. The first-order valence-corrected chi connectivity index (χ1v) is 8.00. The van der Waals surface area contributed by atoms with Crippen molar-refractivity contribution >= 4 is 11.9 Å². The summed E-state index contributed by atoms with van der Waals surface area (Å²) < 4.78 is 0. The van der Waals surface area contributed by atoms with Crippen molar-refractivity contribution in [2.45, 2.75) is 20.0 Å². The van der Waals surface area contributed by atoms with Gasteiger partial charge in [0.15, 0.2) is 0 Å². The first-order valence-electron chi connectivity index (χ1n) is 8.00. The minimum Gasteiger partial charge on any atom is -0.350 e. The molecule has 2 heterocycles. The summed E-state index contributed by atoms with van der Waals surface area (Å²) in [5.74, 6) is 0.262. The number of aromatic nitrogens is 3. The predicted octanol–water partition coefficient (Wildman–Crippen LogP) is 2.72. The van der Waals surface area contributed by atoms with Crippen molar-refractivity contribution in [2.24, 2.45) is 0 Å². The van der Waals surface area contributed by atoms with Crippen LogP contribution in [0.5, 0.6) is 0 Å². The smallest absolute Gasteiger partial charge is 0.254 e. The Bertz CT molecular complexity index is 817. The average Bonchev–Trinajstić information content (AvgIpc) is 2.67. The molecule has 0 saturated heterocycles. The van der Waals surface area contributed by atoms with Crippen molar-refractivity contribution in [3.8, 4) is 0 Å². The molecule has 1 aromatic carbocycles. The zero-order chi connectivity index (χ0) is 17.5. The van der Waals surface area contributed by atoms with Gasteiger partial charge in [0.05, 0.1) is 17.8 Å². The number of benzene rings is 1. The Morgan fingerprint density at radius 1 is 0.960 bits per heavy atom. The first-order chi connectivity index (χ1) is 12.2. The van der Waals surface area contributed by atoms with Crippen LogP contribution in [0.1, 0.15) is 27.2 Å². The summed E-state index contributed by atoms with van der Waals surface area (Å²) in [5, 5.41) is 5.94. The molecule has 3 rings (SSSR count). The number of hydrogen-bond acceptors (Lipinski definition) is 5. The minimum absolute atomic E-state index is 0.226. The largest absolute Gasteiger partial charge is 0.350 e. The summed E-state index contributed by atoms with van der Waals surface area (Å²) in [5.41, 5.74) is 3.58. The molecular formula is C19H19N5O. The summed E-state index contributed by atoms with van der Waals surface area (Å²) in [4.78, 5) is 24.6. The number of nitrogens with one attached hydrogen (secondary N) is 2. The maximum atomic E-state index is 12.1. The van der Waals surface area contributed by atoms with Crippen molar-refractivity contribution in [1.29, 1.82) is 0 Å². The zero-order valence-corrected chi connectivity index (χ0v) is 13.9. The highest BCUT2D eigenvalue weighted by Gasteiger charge is 2.07. The monoisotopic (exact) mass is 333 g/mol. The van der Waals surface area contributed by atoms with Gasteiger partial charge in [-0.05, 0) is 24.6 Å². The summed E-state index contributed by atoms with van der Waals surface area (Å²) >= 11 is 0. The van der Waals surface area contributed by atoms with Gasteiger partial charge in [-0.15, -0.1) is 0 Å². The van der Waals surface area contributed by atoms with E-state index in [1.165, 1.54) is 18.0 Å². The average molecular weight is 333 g/mol. The van der Waals surface area contributed by atoms with Crippen molar-refractivity contribution < 1.29 is 4.79 Å². The molecule has 0 bridgehead atoms. The Morgan fingerprint density at radius 3 is 2.40 bits per heavy atom. The van der Waals surface area contributed by atoms with Gasteiger partial charge in [-0.1, -0.05) is 35.9 Å². The predicted molar refractivity (Wildman–Crippen MR) is 95.9 cm³/mol. The highest BCUT2D eigenvalue weighted by atomic mass is 16.1. The molecule has 25 heavy (non-hydrogen) atoms. The number of anilines is 1. The van der Waals surface area contributed by atoms with E-state index >= 15 is 0 Å². The van der Waals surface area contributed by atoms with E-state index in [1.54, 1.807) is 6.20 Å². The molecule has 3 aromatic rings. The third-order valence-corrected chi connectivity index (χ3v) is 3.64. The first kappa shape index (κ1) is 16.6. The van der Waals surface area contributed by atoms with Crippen molar-refractivity contribution in [3.05, 3.63) is 83.4 Å². The van der Waals surface area contributed by atoms with Gasteiger partial charge in [0.25, 0.3) is 5.91 Å². The zero-order valence-electron chi connectivity index (χ0n) is 13.9. The Morgan fingerprint density at radius 2 is 1.72 bits per heavy atom. The lowest BCUT2D eigenvalue weighted by Gasteiger charge is -2.07. The number of carbonyl (C=O) groups is 1. The summed E-state index contributed by atoms with van der Waals surface area (Å²) in [6.07, 6.45) is 4.72. The van der Waals surface area contributed by atoms with Gasteiger partial charge in [0.1, 0.15) is 0 Å². The molecule has 0 aliphatic heterocycles. The van der Waals surface area contributed by atoms with Gasteiger partial charge < -0.3 is 10.6 Å². The van der Waals surface area contributed by atoms with Crippen LogP contribution in [-0.4, -0.2) is 20.9 Å². The highest BCUT2D eigenvalue weighted by molar-refractivity contribution is 5.93. The molecule has 2 N–H and O–H groups in total. The second-order valence-electron chi connectivity index (χ2n) is 5.64. The van der Waals surface area contributed by atoms with Crippen LogP contribution in [-0.2, 0) is 13.1 Å². The quantitative estimate of drug-likeness (QED) is 0.725. The Balaban J connectivity index is 1.52. The van der Waals surface area contributed by atoms with Crippen molar-refractivity contribution in [2.75, 3.05) is 5.32 Å². The molecule has 0 aliphatic rings. The molecule has 0 atom stereocenters. The lowest BCUT2D eigenvalue weighted by Crippen LogP contribution is -2.23. The van der Waals surface area contributed by atoms with E-state index in [1.807, 2.05) is 18.2 Å². The fourth-order valence-corrected chi connectivity index (χ4v) is 2.20. The second kappa shape index (κ2) is 8.01. The summed E-state index contributed by atoms with van der Waals surface area (Å²) in [6, 6.07) is 13.8. The third-order valence-electron chi connectivity index (χ3n) is 3.64. The lowest BCUT2D eigenvalue weighted by molar-refractivity contribution is 0.0949. The molecule has 0 spiro atoms. The third kappa shape index (κ3) is 4.84. The molecule has 6 nitrogen and oxygen atoms in total. The maximum absolute atomic E-state index is 12.1. The van der Waals surface area contributed by atoms with Gasteiger partial charge in [-0.2, -0.15) is 0 Å². The van der Waals surface area contributed by atoms with Crippen LogP contribution in [0.25, 0.3) is 0 Å². The highest BCUT2D eigenvalue weighted by Crippen LogP contribution is 2.06. The summed E-state index contributed by atoms with van der Waals surface area (Å²) in [6.45, 7) is 3.05. The van der Waals surface area contributed by atoms with E-state index in [2.05, 4.69) is 56.8 Å². The SMILES string of the molecule is Cc1ccc(CNc2ncc(C(=O)NCc3ccccn3)cn2)cc1. The van der Waals surface area contributed by atoms with Gasteiger partial charge in [0.2, 0.25) is 5.95 Å². The topological polar surface area (TPSA) is 79.8 Å². The second-order valence-corrected chi connectivity index (χ2v) is 5.64. The Kier molecular flexibility index (Phi) is 5.31. The van der Waals surface area contributed by atoms with Gasteiger partial charge in [0, 0.05) is 25.1 Å². The molecule has 6 heteroatoms. The number of amides is 1. The van der Waals surface area contributed by atoms with E-state index in [0.29, 0.717) is 24.6 Å². The van der Waals surface area contributed by atoms with Gasteiger partial charge >= 0.3 is 0 Å². The van der Waals surface area contributed by atoms with Crippen LogP contribution >= 0.6 is 0 Å². The van der Waals surface area contributed by atoms with Crippen LogP contribution in [0.2, 0.25) is 0 Å². The molecule has 0 radical (unpaired) electrons. The standard InChI is InChI=1S/C19H19N5O/c1-14-5-7-15(8-6-14)10-22-19-23-11-16(12-24-19)18(25)21-13-17-4-2-3-9-20-17/h2-9,11-12H,10,13H2,1H3,(H,21,25)(H,22,23,24). The van der Waals surface area contributed by atoms with Gasteiger partial charge in [-0.25, -0.2) is 9.97 Å². The number of hydrogen-bond donors (Lipinski definition) is 2. The molecule has 0 unspecified atom stereocenters. The number of nitrogens with zero attached hydrogens (tertiary/aromatic N) is 3.